The lowest BCUT2D eigenvalue weighted by Crippen LogP contribution is -2.40. The first-order chi connectivity index (χ1) is 27.2. The molecule has 0 amide bonds. The van der Waals surface area contributed by atoms with Crippen LogP contribution in [0.2, 0.25) is 0 Å². The second kappa shape index (κ2) is 39.7. The predicted octanol–water partition coefficient (Wildman–Crippen LogP) is 11.1. The topological polar surface area (TPSA) is 102 Å². The number of likely N-dealkylation sites (N-methyl/N-ethyl adjacent to an activating group) is 1. The fourth-order valence-electron chi connectivity index (χ4n) is 5.00. The number of aliphatic carboxylic acids is 1. The van der Waals surface area contributed by atoms with Crippen LogP contribution in [-0.2, 0) is 23.8 Å². The molecule has 0 aliphatic rings. The van der Waals surface area contributed by atoms with Crippen LogP contribution in [0.5, 0.6) is 0 Å². The third-order valence-electron chi connectivity index (χ3n) is 8.27. The maximum atomic E-state index is 12.0. The maximum Gasteiger partial charge on any atom is 0.361 e. The van der Waals surface area contributed by atoms with E-state index in [4.69, 9.17) is 14.2 Å². The van der Waals surface area contributed by atoms with Crippen molar-refractivity contribution in [1.82, 2.24) is 0 Å². The van der Waals surface area contributed by atoms with E-state index in [-0.39, 0.29) is 25.8 Å². The number of hydrogen-bond donors (Lipinski definition) is 2. The van der Waals surface area contributed by atoms with Crippen molar-refractivity contribution in [2.24, 2.45) is 0 Å². The van der Waals surface area contributed by atoms with Gasteiger partial charge < -0.3 is 28.9 Å². The summed E-state index contributed by atoms with van der Waals surface area (Å²) in [6.07, 6.45) is 55.6. The summed E-state index contributed by atoms with van der Waals surface area (Å²) in [6.45, 7) is 2.43. The number of carboxylic acids is 1. The van der Waals surface area contributed by atoms with Crippen LogP contribution in [0.25, 0.3) is 0 Å². The van der Waals surface area contributed by atoms with Gasteiger partial charge in [0.1, 0.15) is 19.3 Å². The third kappa shape index (κ3) is 41.6. The molecule has 0 aromatic rings. The van der Waals surface area contributed by atoms with Crippen molar-refractivity contribution in [3.05, 3.63) is 109 Å². The Bertz CT molecular complexity index is 1220. The first kappa shape index (κ1) is 52.4. The van der Waals surface area contributed by atoms with E-state index >= 15 is 0 Å². The lowest BCUT2D eigenvalue weighted by atomic mass is 10.1. The first-order valence-electron chi connectivity index (χ1n) is 21.1. The van der Waals surface area contributed by atoms with Gasteiger partial charge in [0.05, 0.1) is 34.4 Å². The quantitative estimate of drug-likeness (QED) is 0.0213. The van der Waals surface area contributed by atoms with Gasteiger partial charge in [-0.2, -0.15) is 0 Å². The molecule has 0 aliphatic carbocycles. The normalized spacial score (nSPS) is 14.2. The molecule has 8 nitrogen and oxygen atoms in total. The van der Waals surface area contributed by atoms with Gasteiger partial charge in [-0.1, -0.05) is 148 Å². The number of carboxylic acid groups (broad SMARTS) is 1. The number of quaternary nitrogens is 1. The highest BCUT2D eigenvalue weighted by atomic mass is 16.7. The molecule has 0 aliphatic heterocycles. The average molecular weight is 781 g/mol. The number of aliphatic hydroxyl groups excluding tert-OH is 1. The van der Waals surface area contributed by atoms with E-state index in [0.29, 0.717) is 17.4 Å². The highest BCUT2D eigenvalue weighted by Gasteiger charge is 2.22. The standard InChI is InChI=1S/C48H77NO7/c1-5-6-7-8-9-10-11-12-13-14-15-16-17-18-19-20-21-22-23-24-25-26-27-28-29-30-31-32-33-34-35-36-37-38-39-40-46(51)55-43-45(50)44-56-48(47(52)53)54-42-41-49(2,3)4/h6-7,9-10,12-13,15-16,18-19,21-22,24-25,27-28,30-31,45,48,50H,5,8,11,14,17,20,23,26,29,32-44H2,1-4H3/p+1/b7-6-,10-9-,13-12-,16-15-,19-18-,22-21-,25-24-,28-27-,31-30-. The Hall–Kier alpha value is -3.56. The highest BCUT2D eigenvalue weighted by Crippen LogP contribution is 2.11. The van der Waals surface area contributed by atoms with Crippen LogP contribution in [0.4, 0.5) is 0 Å². The van der Waals surface area contributed by atoms with E-state index in [1.165, 1.54) is 19.3 Å². The molecule has 0 saturated carbocycles. The molecule has 2 atom stereocenters. The van der Waals surface area contributed by atoms with Crippen molar-refractivity contribution in [3.63, 3.8) is 0 Å². The van der Waals surface area contributed by atoms with Crippen molar-refractivity contribution in [1.29, 1.82) is 0 Å². The van der Waals surface area contributed by atoms with E-state index in [9.17, 15) is 19.8 Å². The van der Waals surface area contributed by atoms with Crippen molar-refractivity contribution in [2.75, 3.05) is 47.5 Å². The van der Waals surface area contributed by atoms with Gasteiger partial charge in [-0.25, -0.2) is 4.79 Å². The molecule has 0 aromatic carbocycles. The van der Waals surface area contributed by atoms with Crippen LogP contribution in [0, 0.1) is 0 Å². The molecule has 0 radical (unpaired) electrons. The summed E-state index contributed by atoms with van der Waals surface area (Å²) >= 11 is 0. The maximum absolute atomic E-state index is 12.0. The zero-order valence-corrected chi connectivity index (χ0v) is 35.5. The largest absolute Gasteiger partial charge is 0.477 e. The summed E-state index contributed by atoms with van der Waals surface area (Å²) in [5.41, 5.74) is 0. The number of carbonyl (C=O) groups is 2. The number of unbranched alkanes of at least 4 members (excludes halogenated alkanes) is 7. The molecule has 0 heterocycles. The van der Waals surface area contributed by atoms with Crippen LogP contribution < -0.4 is 0 Å². The number of ether oxygens (including phenoxy) is 3. The fraction of sp³-hybridized carbons (Fsp3) is 0.583. The van der Waals surface area contributed by atoms with Crippen molar-refractivity contribution in [3.8, 4) is 0 Å². The lowest BCUT2D eigenvalue weighted by Gasteiger charge is -2.24. The number of allylic oxidation sites excluding steroid dienone is 18. The Kier molecular flexibility index (Phi) is 37.1. The summed E-state index contributed by atoms with van der Waals surface area (Å²) in [7, 11) is 5.90. The van der Waals surface area contributed by atoms with Gasteiger partial charge in [0.15, 0.2) is 0 Å². The number of aliphatic hydroxyl groups is 1. The van der Waals surface area contributed by atoms with Gasteiger partial charge in [-0.05, 0) is 77.0 Å². The Labute approximate surface area is 341 Å². The number of carbonyl (C=O) groups excluding carboxylic acids is 1. The zero-order chi connectivity index (χ0) is 41.2. The number of nitrogens with zero attached hydrogens (tertiary/aromatic N) is 1. The second-order valence-corrected chi connectivity index (χ2v) is 14.8. The molecule has 0 spiro atoms. The van der Waals surface area contributed by atoms with Crippen molar-refractivity contribution in [2.45, 2.75) is 135 Å². The second-order valence-electron chi connectivity index (χ2n) is 14.8. The van der Waals surface area contributed by atoms with Crippen LogP contribution >= 0.6 is 0 Å². The number of hydrogen-bond acceptors (Lipinski definition) is 6. The third-order valence-corrected chi connectivity index (χ3v) is 8.27. The highest BCUT2D eigenvalue weighted by molar-refractivity contribution is 5.70. The average Bonchev–Trinajstić information content (AvgIpc) is 3.16. The van der Waals surface area contributed by atoms with Crippen molar-refractivity contribution >= 4 is 11.9 Å². The van der Waals surface area contributed by atoms with Gasteiger partial charge in [-0.15, -0.1) is 0 Å². The van der Waals surface area contributed by atoms with Crippen LogP contribution in [0.3, 0.4) is 0 Å². The summed E-state index contributed by atoms with van der Waals surface area (Å²) in [5, 5.41) is 19.2. The number of esters is 1. The molecule has 316 valence electrons. The van der Waals surface area contributed by atoms with Gasteiger partial charge in [0.25, 0.3) is 6.29 Å². The molecule has 2 unspecified atom stereocenters. The predicted molar refractivity (Wildman–Crippen MR) is 234 cm³/mol. The number of rotatable bonds is 37. The zero-order valence-electron chi connectivity index (χ0n) is 35.5. The van der Waals surface area contributed by atoms with Gasteiger partial charge in [-0.3, -0.25) is 4.79 Å². The van der Waals surface area contributed by atoms with Gasteiger partial charge in [0.2, 0.25) is 0 Å². The smallest absolute Gasteiger partial charge is 0.361 e. The monoisotopic (exact) mass is 781 g/mol. The van der Waals surface area contributed by atoms with E-state index in [1.54, 1.807) is 0 Å². The minimum Gasteiger partial charge on any atom is -0.477 e. The van der Waals surface area contributed by atoms with E-state index in [0.717, 1.165) is 89.9 Å². The Balaban J connectivity index is 3.64. The molecule has 56 heavy (non-hydrogen) atoms. The molecular weight excluding hydrogens is 703 g/mol. The minimum absolute atomic E-state index is 0.203. The Morgan fingerprint density at radius 2 is 0.929 bits per heavy atom. The van der Waals surface area contributed by atoms with Crippen LogP contribution in [0.15, 0.2) is 109 Å². The van der Waals surface area contributed by atoms with E-state index in [1.807, 2.05) is 21.1 Å². The van der Waals surface area contributed by atoms with E-state index < -0.39 is 18.4 Å². The summed E-state index contributed by atoms with van der Waals surface area (Å²) in [6, 6.07) is 0. The Morgan fingerprint density at radius 1 is 0.536 bits per heavy atom. The lowest BCUT2D eigenvalue weighted by molar-refractivity contribution is -0.870. The summed E-state index contributed by atoms with van der Waals surface area (Å²) in [5.74, 6) is -1.63. The molecule has 0 fully saturated rings. The van der Waals surface area contributed by atoms with Crippen LogP contribution in [0.1, 0.15) is 122 Å². The molecule has 0 bridgehead atoms. The molecule has 0 rings (SSSR count). The minimum atomic E-state index is -1.47. The van der Waals surface area contributed by atoms with Gasteiger partial charge in [0, 0.05) is 6.42 Å². The first-order valence-corrected chi connectivity index (χ1v) is 21.1. The molecular formula is C48H78NO7+. The summed E-state index contributed by atoms with van der Waals surface area (Å²) < 4.78 is 16.2. The summed E-state index contributed by atoms with van der Waals surface area (Å²) in [4.78, 5) is 23.3. The SMILES string of the molecule is CC/C=C\C/C=C\C/C=C\C/C=C\C/C=C\C/C=C\C/C=C\C/C=C\C/C=C\CCCCCCCCCC(=O)OCC(O)COC(OCC[N+](C)(C)C)C(=O)O. The Morgan fingerprint density at radius 3 is 1.34 bits per heavy atom. The van der Waals surface area contributed by atoms with Gasteiger partial charge >= 0.3 is 11.9 Å². The van der Waals surface area contributed by atoms with Crippen LogP contribution in [-0.4, -0.2) is 86.5 Å². The molecule has 8 heteroatoms. The van der Waals surface area contributed by atoms with Crippen molar-refractivity contribution < 1.29 is 38.5 Å². The molecule has 2 N–H and O–H groups in total. The molecule has 0 saturated heterocycles. The fourth-order valence-corrected chi connectivity index (χ4v) is 5.00. The van der Waals surface area contributed by atoms with E-state index in [2.05, 4.69) is 116 Å². The molecule has 0 aromatic heterocycles.